The Morgan fingerprint density at radius 1 is 1.12 bits per heavy atom. The number of nitrogens with one attached hydrogen (secondary N) is 2. The number of hydrogen-bond acceptors (Lipinski definition) is 7. The molecule has 2 N–H and O–H groups in total. The zero-order valence-corrected chi connectivity index (χ0v) is 15.2. The predicted molar refractivity (Wildman–Crippen MR) is 89.9 cm³/mol. The number of sulfonamides is 1. The Morgan fingerprint density at radius 2 is 1.68 bits per heavy atom. The molecule has 0 amide bonds. The Hall–Kier alpha value is -1.97. The van der Waals surface area contributed by atoms with E-state index in [9.17, 15) is 18.0 Å². The van der Waals surface area contributed by atoms with Gasteiger partial charge in [-0.1, -0.05) is 0 Å². The van der Waals surface area contributed by atoms with Crippen molar-refractivity contribution >= 4 is 22.0 Å². The number of carbonyl (C=O) groups is 2. The van der Waals surface area contributed by atoms with Crippen molar-refractivity contribution in [1.82, 2.24) is 10.0 Å². The number of carbonyl (C=O) groups excluding carboxylic acids is 2. The average Bonchev–Trinajstić information content (AvgIpc) is 2.61. The number of benzene rings is 1. The summed E-state index contributed by atoms with van der Waals surface area (Å²) < 4.78 is 37.3. The van der Waals surface area contributed by atoms with Crippen LogP contribution in [0.5, 0.6) is 0 Å². The average molecular weight is 370 g/mol. The summed E-state index contributed by atoms with van der Waals surface area (Å²) in [5.74, 6) is -1.48. The zero-order valence-electron chi connectivity index (χ0n) is 14.4. The molecule has 138 valence electrons. The minimum atomic E-state index is -3.93. The Kier molecular flexibility index (Phi) is 6.15. The molecule has 0 saturated carbocycles. The normalized spacial score (nSPS) is 20.8. The van der Waals surface area contributed by atoms with E-state index in [-0.39, 0.29) is 28.1 Å². The summed E-state index contributed by atoms with van der Waals surface area (Å²) in [5.41, 5.74) is -0.0822. The van der Waals surface area contributed by atoms with Crippen LogP contribution >= 0.6 is 0 Å². The van der Waals surface area contributed by atoms with E-state index in [0.717, 1.165) is 13.0 Å². The van der Waals surface area contributed by atoms with Gasteiger partial charge in [-0.25, -0.2) is 22.7 Å². The Balaban J connectivity index is 2.41. The van der Waals surface area contributed by atoms with E-state index < -0.39 is 22.0 Å². The van der Waals surface area contributed by atoms with Crippen LogP contribution in [-0.4, -0.2) is 53.2 Å². The Bertz CT molecular complexity index is 728. The molecule has 1 aromatic rings. The molecule has 0 spiro atoms. The maximum Gasteiger partial charge on any atom is 0.337 e. The number of rotatable bonds is 5. The maximum absolute atomic E-state index is 12.7. The van der Waals surface area contributed by atoms with Crippen molar-refractivity contribution in [3.8, 4) is 0 Å². The van der Waals surface area contributed by atoms with Crippen molar-refractivity contribution < 1.29 is 27.5 Å². The van der Waals surface area contributed by atoms with E-state index in [1.807, 2.05) is 6.92 Å². The molecule has 1 heterocycles. The lowest BCUT2D eigenvalue weighted by Crippen LogP contribution is -2.51. The summed E-state index contributed by atoms with van der Waals surface area (Å²) in [6.45, 7) is 2.74. The highest BCUT2D eigenvalue weighted by Crippen LogP contribution is 2.19. The Morgan fingerprint density at radius 3 is 2.16 bits per heavy atom. The van der Waals surface area contributed by atoms with Gasteiger partial charge in [-0.3, -0.25) is 0 Å². The van der Waals surface area contributed by atoms with Crippen LogP contribution in [0.3, 0.4) is 0 Å². The van der Waals surface area contributed by atoms with Gasteiger partial charge in [0.1, 0.15) is 0 Å². The lowest BCUT2D eigenvalue weighted by molar-refractivity contribution is 0.0598. The van der Waals surface area contributed by atoms with E-state index >= 15 is 0 Å². The van der Waals surface area contributed by atoms with Gasteiger partial charge in [0.25, 0.3) is 0 Å². The van der Waals surface area contributed by atoms with E-state index in [0.29, 0.717) is 6.42 Å². The number of piperidine rings is 1. The second-order valence-corrected chi connectivity index (χ2v) is 7.56. The first-order chi connectivity index (χ1) is 11.8. The molecule has 9 heteroatoms. The summed E-state index contributed by atoms with van der Waals surface area (Å²) >= 11 is 0. The molecule has 0 bridgehead atoms. The first kappa shape index (κ1) is 19.4. The third-order valence-electron chi connectivity index (χ3n) is 4.13. The first-order valence-corrected chi connectivity index (χ1v) is 9.34. The molecule has 0 aromatic heterocycles. The van der Waals surface area contributed by atoms with Gasteiger partial charge >= 0.3 is 11.9 Å². The molecule has 2 unspecified atom stereocenters. The Labute approximate surface area is 146 Å². The van der Waals surface area contributed by atoms with Gasteiger partial charge in [0.2, 0.25) is 10.0 Å². The number of esters is 2. The quantitative estimate of drug-likeness (QED) is 0.733. The zero-order chi connectivity index (χ0) is 18.6. The van der Waals surface area contributed by atoms with Crippen LogP contribution in [0.1, 0.15) is 40.5 Å². The van der Waals surface area contributed by atoms with Gasteiger partial charge in [-0.05, 0) is 44.5 Å². The highest BCUT2D eigenvalue weighted by molar-refractivity contribution is 7.89. The van der Waals surface area contributed by atoms with Crippen molar-refractivity contribution in [2.24, 2.45) is 0 Å². The minimum Gasteiger partial charge on any atom is -0.465 e. The van der Waals surface area contributed by atoms with E-state index in [2.05, 4.69) is 19.5 Å². The van der Waals surface area contributed by atoms with E-state index in [1.165, 1.54) is 32.4 Å². The monoisotopic (exact) mass is 370 g/mol. The van der Waals surface area contributed by atoms with Gasteiger partial charge in [0, 0.05) is 12.1 Å². The number of ether oxygens (including phenoxy) is 2. The second kappa shape index (κ2) is 7.94. The molecule has 1 aliphatic heterocycles. The highest BCUT2D eigenvalue weighted by atomic mass is 32.2. The smallest absolute Gasteiger partial charge is 0.337 e. The van der Waals surface area contributed by atoms with Crippen molar-refractivity contribution in [3.05, 3.63) is 29.3 Å². The van der Waals surface area contributed by atoms with Crippen LogP contribution in [0.2, 0.25) is 0 Å². The van der Waals surface area contributed by atoms with Crippen molar-refractivity contribution in [1.29, 1.82) is 0 Å². The third-order valence-corrected chi connectivity index (χ3v) is 5.60. The fourth-order valence-corrected chi connectivity index (χ4v) is 4.12. The maximum atomic E-state index is 12.7. The molecule has 25 heavy (non-hydrogen) atoms. The molecule has 2 rings (SSSR count). The van der Waals surface area contributed by atoms with Gasteiger partial charge in [-0.2, -0.15) is 0 Å². The van der Waals surface area contributed by atoms with Crippen LogP contribution < -0.4 is 10.0 Å². The lowest BCUT2D eigenvalue weighted by atomic mass is 10.0. The van der Waals surface area contributed by atoms with Crippen LogP contribution in [-0.2, 0) is 19.5 Å². The van der Waals surface area contributed by atoms with Gasteiger partial charge in [0.15, 0.2) is 0 Å². The molecular formula is C16H22N2O6S. The van der Waals surface area contributed by atoms with E-state index in [4.69, 9.17) is 0 Å². The summed E-state index contributed by atoms with van der Waals surface area (Å²) in [6.07, 6.45) is 1.56. The summed E-state index contributed by atoms with van der Waals surface area (Å²) in [7, 11) is -1.58. The van der Waals surface area contributed by atoms with Gasteiger partial charge < -0.3 is 14.8 Å². The molecule has 0 radical (unpaired) electrons. The topological polar surface area (TPSA) is 111 Å². The SMILES string of the molecule is COC(=O)c1cc(C(=O)OC)cc(S(=O)(=O)NC2CCCNC2C)c1. The van der Waals surface area contributed by atoms with Crippen LogP contribution in [0, 0.1) is 0 Å². The standard InChI is InChI=1S/C16H22N2O6S/c1-10-14(5-4-6-17-10)18-25(21,22)13-8-11(15(19)23-2)7-12(9-13)16(20)24-3/h7-10,14,17-18H,4-6H2,1-3H3. The highest BCUT2D eigenvalue weighted by Gasteiger charge is 2.28. The third kappa shape index (κ3) is 4.56. The molecule has 0 aliphatic carbocycles. The van der Waals surface area contributed by atoms with Crippen molar-refractivity contribution in [2.45, 2.75) is 36.7 Å². The second-order valence-electron chi connectivity index (χ2n) is 5.84. The fraction of sp³-hybridized carbons (Fsp3) is 0.500. The minimum absolute atomic E-state index is 0.0209. The first-order valence-electron chi connectivity index (χ1n) is 7.86. The molecular weight excluding hydrogens is 348 g/mol. The number of methoxy groups -OCH3 is 2. The lowest BCUT2D eigenvalue weighted by Gasteiger charge is -2.30. The van der Waals surface area contributed by atoms with Crippen LogP contribution in [0.4, 0.5) is 0 Å². The number of hydrogen-bond donors (Lipinski definition) is 2. The van der Waals surface area contributed by atoms with Gasteiger partial charge in [-0.15, -0.1) is 0 Å². The summed E-state index contributed by atoms with van der Waals surface area (Å²) in [6, 6.07) is 3.30. The van der Waals surface area contributed by atoms with Crippen molar-refractivity contribution in [3.63, 3.8) is 0 Å². The largest absolute Gasteiger partial charge is 0.465 e. The van der Waals surface area contributed by atoms with E-state index in [1.54, 1.807) is 0 Å². The van der Waals surface area contributed by atoms with Gasteiger partial charge in [0.05, 0.1) is 30.2 Å². The van der Waals surface area contributed by atoms with Crippen molar-refractivity contribution in [2.75, 3.05) is 20.8 Å². The molecule has 1 fully saturated rings. The molecule has 1 aromatic carbocycles. The fourth-order valence-electron chi connectivity index (χ4n) is 2.70. The van der Waals surface area contributed by atoms with Crippen LogP contribution in [0.15, 0.2) is 23.1 Å². The summed E-state index contributed by atoms with van der Waals surface area (Å²) in [5, 5.41) is 3.21. The molecule has 2 atom stereocenters. The molecule has 1 aliphatic rings. The predicted octanol–water partition coefficient (Wildman–Crippen LogP) is 0.679. The molecule has 1 saturated heterocycles. The molecule has 8 nitrogen and oxygen atoms in total. The summed E-state index contributed by atoms with van der Waals surface area (Å²) in [4.78, 5) is 23.4. The van der Waals surface area contributed by atoms with Crippen LogP contribution in [0.25, 0.3) is 0 Å².